The smallest absolute Gasteiger partial charge is 0.272 e. The fourth-order valence-electron chi connectivity index (χ4n) is 2.24. The highest BCUT2D eigenvalue weighted by molar-refractivity contribution is 5.40. The Morgan fingerprint density at radius 3 is 2.72 bits per heavy atom. The van der Waals surface area contributed by atoms with Crippen LogP contribution in [0.5, 0.6) is 5.75 Å². The summed E-state index contributed by atoms with van der Waals surface area (Å²) in [6, 6.07) is 14.8. The van der Waals surface area contributed by atoms with Crippen LogP contribution in [0.2, 0.25) is 0 Å². The molecule has 0 radical (unpaired) electrons. The Balaban J connectivity index is 1.67. The van der Waals surface area contributed by atoms with E-state index in [4.69, 9.17) is 4.74 Å². The van der Waals surface area contributed by atoms with Gasteiger partial charge >= 0.3 is 0 Å². The normalized spacial score (nSPS) is 10.9. The Morgan fingerprint density at radius 2 is 1.96 bits per heavy atom. The third-order valence-electron chi connectivity index (χ3n) is 3.47. The average Bonchev–Trinajstić information content (AvgIpc) is 3.08. The van der Waals surface area contributed by atoms with E-state index in [1.165, 1.54) is 0 Å². The maximum absolute atomic E-state index is 12.2. The fourth-order valence-corrected chi connectivity index (χ4v) is 2.24. The standard InChI is InChI=1S/C17H17F2N5O/c1-12-5-7-14(8-6-12)24-17(21-22-23-24)20-10-13-3-2-4-15(9-13)25-11-16(18)19/h2-9,16H,10-11H2,1H3,(H,20,21,23). The number of rotatable bonds is 7. The molecule has 0 saturated carbocycles. The summed E-state index contributed by atoms with van der Waals surface area (Å²) < 4.78 is 31.1. The first-order valence-corrected chi connectivity index (χ1v) is 7.71. The van der Waals surface area contributed by atoms with Gasteiger partial charge in [0, 0.05) is 6.54 Å². The number of alkyl halides is 2. The number of ether oxygens (including phenoxy) is 1. The van der Waals surface area contributed by atoms with Crippen molar-refractivity contribution in [3.05, 3.63) is 59.7 Å². The van der Waals surface area contributed by atoms with E-state index in [0.29, 0.717) is 18.2 Å². The fraction of sp³-hybridized carbons (Fsp3) is 0.235. The lowest BCUT2D eigenvalue weighted by molar-refractivity contribution is 0.0818. The number of nitrogens with one attached hydrogen (secondary N) is 1. The van der Waals surface area contributed by atoms with Gasteiger partial charge in [0.1, 0.15) is 12.4 Å². The van der Waals surface area contributed by atoms with Gasteiger partial charge in [0.15, 0.2) is 0 Å². The molecule has 6 nitrogen and oxygen atoms in total. The van der Waals surface area contributed by atoms with E-state index in [1.54, 1.807) is 22.9 Å². The van der Waals surface area contributed by atoms with Crippen LogP contribution in [0.25, 0.3) is 5.69 Å². The van der Waals surface area contributed by atoms with Crippen LogP contribution in [0, 0.1) is 6.92 Å². The molecule has 130 valence electrons. The number of benzene rings is 2. The van der Waals surface area contributed by atoms with Crippen LogP contribution in [-0.2, 0) is 6.54 Å². The summed E-state index contributed by atoms with van der Waals surface area (Å²) in [5.41, 5.74) is 2.85. The zero-order chi connectivity index (χ0) is 17.6. The van der Waals surface area contributed by atoms with Crippen LogP contribution in [0.1, 0.15) is 11.1 Å². The highest BCUT2D eigenvalue weighted by Crippen LogP contribution is 2.17. The van der Waals surface area contributed by atoms with Crippen molar-refractivity contribution < 1.29 is 13.5 Å². The number of tetrazole rings is 1. The number of halogens is 2. The first-order chi connectivity index (χ1) is 12.1. The van der Waals surface area contributed by atoms with Crippen LogP contribution < -0.4 is 10.1 Å². The second-order valence-electron chi connectivity index (χ2n) is 5.45. The molecule has 1 N–H and O–H groups in total. The number of aryl methyl sites for hydroxylation is 1. The molecule has 0 saturated heterocycles. The lowest BCUT2D eigenvalue weighted by atomic mass is 10.2. The molecule has 3 aromatic rings. The molecule has 8 heteroatoms. The SMILES string of the molecule is Cc1ccc(-n2nnnc2NCc2cccc(OCC(F)F)c2)cc1. The zero-order valence-corrected chi connectivity index (χ0v) is 13.6. The first kappa shape index (κ1) is 16.8. The average molecular weight is 345 g/mol. The van der Waals surface area contributed by atoms with Crippen LogP contribution >= 0.6 is 0 Å². The van der Waals surface area contributed by atoms with Crippen molar-refractivity contribution in [2.75, 3.05) is 11.9 Å². The summed E-state index contributed by atoms with van der Waals surface area (Å²) >= 11 is 0. The molecule has 1 aromatic heterocycles. The predicted molar refractivity (Wildman–Crippen MR) is 89.2 cm³/mol. The first-order valence-electron chi connectivity index (χ1n) is 7.71. The highest BCUT2D eigenvalue weighted by Gasteiger charge is 2.08. The number of anilines is 1. The van der Waals surface area contributed by atoms with Gasteiger partial charge < -0.3 is 10.1 Å². The van der Waals surface area contributed by atoms with Gasteiger partial charge in [-0.25, -0.2) is 8.78 Å². The van der Waals surface area contributed by atoms with Gasteiger partial charge in [-0.15, -0.1) is 0 Å². The van der Waals surface area contributed by atoms with Gasteiger partial charge in [0.2, 0.25) is 5.95 Å². The minimum Gasteiger partial charge on any atom is -0.488 e. The van der Waals surface area contributed by atoms with Crippen LogP contribution in [0.4, 0.5) is 14.7 Å². The highest BCUT2D eigenvalue weighted by atomic mass is 19.3. The summed E-state index contributed by atoms with van der Waals surface area (Å²) in [5, 5.41) is 14.8. The second-order valence-corrected chi connectivity index (χ2v) is 5.45. The van der Waals surface area contributed by atoms with Gasteiger partial charge in [-0.2, -0.15) is 4.68 Å². The minimum atomic E-state index is -2.50. The van der Waals surface area contributed by atoms with Crippen molar-refractivity contribution in [2.45, 2.75) is 19.9 Å². The van der Waals surface area contributed by atoms with Gasteiger partial charge in [0.25, 0.3) is 6.43 Å². The molecule has 0 aliphatic heterocycles. The van der Waals surface area contributed by atoms with Crippen molar-refractivity contribution in [3.8, 4) is 11.4 Å². The Bertz CT molecular complexity index is 820. The maximum Gasteiger partial charge on any atom is 0.272 e. The zero-order valence-electron chi connectivity index (χ0n) is 13.6. The number of hydrogen-bond acceptors (Lipinski definition) is 5. The van der Waals surface area contributed by atoms with Crippen LogP contribution in [0.3, 0.4) is 0 Å². The van der Waals surface area contributed by atoms with E-state index in [9.17, 15) is 8.78 Å². The Labute approximate surface area is 143 Å². The van der Waals surface area contributed by atoms with Gasteiger partial charge in [-0.1, -0.05) is 34.9 Å². The van der Waals surface area contributed by atoms with Crippen molar-refractivity contribution in [2.24, 2.45) is 0 Å². The Kier molecular flexibility index (Phi) is 5.17. The Hall–Kier alpha value is -3.03. The molecule has 1 heterocycles. The van der Waals surface area contributed by atoms with E-state index in [-0.39, 0.29) is 0 Å². The monoisotopic (exact) mass is 345 g/mol. The summed E-state index contributed by atoms with van der Waals surface area (Å²) in [7, 11) is 0. The molecule has 0 unspecified atom stereocenters. The molecule has 0 atom stereocenters. The molecule has 0 aliphatic carbocycles. The van der Waals surface area contributed by atoms with Crippen LogP contribution in [0.15, 0.2) is 48.5 Å². The minimum absolute atomic E-state index is 0.401. The van der Waals surface area contributed by atoms with E-state index in [1.807, 2.05) is 37.3 Å². The molecular weight excluding hydrogens is 328 g/mol. The molecular formula is C17H17F2N5O. The third-order valence-corrected chi connectivity index (χ3v) is 3.47. The van der Waals surface area contributed by atoms with E-state index in [0.717, 1.165) is 16.8 Å². The van der Waals surface area contributed by atoms with Crippen molar-refractivity contribution >= 4 is 5.95 Å². The van der Waals surface area contributed by atoms with Crippen molar-refractivity contribution in [3.63, 3.8) is 0 Å². The molecule has 3 rings (SSSR count). The topological polar surface area (TPSA) is 64.9 Å². The van der Waals surface area contributed by atoms with Gasteiger partial charge in [-0.05, 0) is 47.2 Å². The lowest BCUT2D eigenvalue weighted by Crippen LogP contribution is -2.09. The molecule has 0 fully saturated rings. The van der Waals surface area contributed by atoms with Crippen LogP contribution in [-0.4, -0.2) is 33.2 Å². The van der Waals surface area contributed by atoms with Crippen molar-refractivity contribution in [1.82, 2.24) is 20.2 Å². The third kappa shape index (κ3) is 4.50. The summed E-state index contributed by atoms with van der Waals surface area (Å²) in [5.74, 6) is 0.889. The van der Waals surface area contributed by atoms with E-state index < -0.39 is 13.0 Å². The Morgan fingerprint density at radius 1 is 1.16 bits per heavy atom. The molecule has 0 amide bonds. The number of aromatic nitrogens is 4. The molecule has 0 spiro atoms. The molecule has 0 bridgehead atoms. The lowest BCUT2D eigenvalue weighted by Gasteiger charge is -2.09. The van der Waals surface area contributed by atoms with Gasteiger partial charge in [0.05, 0.1) is 5.69 Å². The summed E-state index contributed by atoms with van der Waals surface area (Å²) in [6.07, 6.45) is -2.50. The summed E-state index contributed by atoms with van der Waals surface area (Å²) in [6.45, 7) is 1.81. The van der Waals surface area contributed by atoms with E-state index >= 15 is 0 Å². The van der Waals surface area contributed by atoms with Crippen molar-refractivity contribution in [1.29, 1.82) is 0 Å². The maximum atomic E-state index is 12.2. The predicted octanol–water partition coefficient (Wildman–Crippen LogP) is 3.23. The summed E-state index contributed by atoms with van der Waals surface area (Å²) in [4.78, 5) is 0. The number of nitrogens with zero attached hydrogens (tertiary/aromatic N) is 4. The molecule has 0 aliphatic rings. The number of hydrogen-bond donors (Lipinski definition) is 1. The second kappa shape index (κ2) is 7.69. The molecule has 2 aromatic carbocycles. The largest absolute Gasteiger partial charge is 0.488 e. The van der Waals surface area contributed by atoms with E-state index in [2.05, 4.69) is 20.8 Å². The molecule has 25 heavy (non-hydrogen) atoms. The quantitative estimate of drug-likeness (QED) is 0.712. The van der Waals surface area contributed by atoms with Gasteiger partial charge in [-0.3, -0.25) is 0 Å².